The Kier molecular flexibility index (Phi) is 6.25. The Bertz CT molecular complexity index is 427. The molecule has 2 nitrogen and oxygen atoms in total. The van der Waals surface area contributed by atoms with E-state index in [1.807, 2.05) is 0 Å². The van der Waals surface area contributed by atoms with Crippen LogP contribution in [0, 0.1) is 5.92 Å². The first-order valence-electron chi connectivity index (χ1n) is 8.57. The van der Waals surface area contributed by atoms with Crippen molar-refractivity contribution in [2.24, 2.45) is 5.92 Å². The average molecular weight is 288 g/mol. The second-order valence-electron chi connectivity index (χ2n) is 7.10. The quantitative estimate of drug-likeness (QED) is 0.844. The SMILES string of the molecule is CC(C)NCc1cccc(CN(C)C2CCCCC2C)c1. The van der Waals surface area contributed by atoms with Crippen molar-refractivity contribution in [3.63, 3.8) is 0 Å². The van der Waals surface area contributed by atoms with E-state index in [2.05, 4.69) is 62.3 Å². The van der Waals surface area contributed by atoms with Crippen molar-refractivity contribution in [3.8, 4) is 0 Å². The van der Waals surface area contributed by atoms with Gasteiger partial charge in [-0.1, -0.05) is 57.9 Å². The monoisotopic (exact) mass is 288 g/mol. The van der Waals surface area contributed by atoms with E-state index in [-0.39, 0.29) is 0 Å². The molecule has 0 saturated heterocycles. The third kappa shape index (κ3) is 5.12. The van der Waals surface area contributed by atoms with Crippen molar-refractivity contribution in [1.29, 1.82) is 0 Å². The summed E-state index contributed by atoms with van der Waals surface area (Å²) >= 11 is 0. The predicted molar refractivity (Wildman–Crippen MR) is 91.3 cm³/mol. The molecule has 0 spiro atoms. The van der Waals surface area contributed by atoms with E-state index in [1.54, 1.807) is 0 Å². The van der Waals surface area contributed by atoms with E-state index in [1.165, 1.54) is 36.8 Å². The molecule has 1 aromatic rings. The first kappa shape index (κ1) is 16.5. The molecular weight excluding hydrogens is 256 g/mol. The summed E-state index contributed by atoms with van der Waals surface area (Å²) in [6, 6.07) is 10.4. The molecule has 1 aliphatic rings. The van der Waals surface area contributed by atoms with Crippen LogP contribution in [-0.2, 0) is 13.1 Å². The summed E-state index contributed by atoms with van der Waals surface area (Å²) in [4.78, 5) is 2.57. The molecule has 1 saturated carbocycles. The highest BCUT2D eigenvalue weighted by Crippen LogP contribution is 2.28. The van der Waals surface area contributed by atoms with Gasteiger partial charge in [-0.3, -0.25) is 4.90 Å². The molecule has 2 atom stereocenters. The van der Waals surface area contributed by atoms with E-state index in [9.17, 15) is 0 Å². The lowest BCUT2D eigenvalue weighted by Crippen LogP contribution is -2.38. The van der Waals surface area contributed by atoms with Crippen LogP contribution in [-0.4, -0.2) is 24.0 Å². The van der Waals surface area contributed by atoms with E-state index < -0.39 is 0 Å². The molecule has 0 amide bonds. The lowest BCUT2D eigenvalue weighted by Gasteiger charge is -2.36. The number of rotatable bonds is 6. The van der Waals surface area contributed by atoms with Crippen LogP contribution in [0.25, 0.3) is 0 Å². The summed E-state index contributed by atoms with van der Waals surface area (Å²) < 4.78 is 0. The van der Waals surface area contributed by atoms with Gasteiger partial charge >= 0.3 is 0 Å². The fourth-order valence-electron chi connectivity index (χ4n) is 3.52. The van der Waals surface area contributed by atoms with Gasteiger partial charge in [0.05, 0.1) is 0 Å². The molecular formula is C19H32N2. The predicted octanol–water partition coefficient (Wildman–Crippen LogP) is 4.20. The van der Waals surface area contributed by atoms with Gasteiger partial charge in [0.1, 0.15) is 0 Å². The van der Waals surface area contributed by atoms with Gasteiger partial charge < -0.3 is 5.32 Å². The zero-order valence-electron chi connectivity index (χ0n) is 14.2. The number of nitrogens with zero attached hydrogens (tertiary/aromatic N) is 1. The normalized spacial score (nSPS) is 23.0. The van der Waals surface area contributed by atoms with Gasteiger partial charge in [0.25, 0.3) is 0 Å². The zero-order chi connectivity index (χ0) is 15.2. The van der Waals surface area contributed by atoms with Gasteiger partial charge in [0, 0.05) is 25.2 Å². The molecule has 2 rings (SSSR count). The fraction of sp³-hybridized carbons (Fsp3) is 0.684. The molecule has 21 heavy (non-hydrogen) atoms. The molecule has 0 bridgehead atoms. The molecule has 1 fully saturated rings. The van der Waals surface area contributed by atoms with E-state index in [0.717, 1.165) is 25.0 Å². The maximum absolute atomic E-state index is 3.50. The highest BCUT2D eigenvalue weighted by Gasteiger charge is 2.24. The summed E-state index contributed by atoms with van der Waals surface area (Å²) in [5, 5.41) is 3.50. The Balaban J connectivity index is 1.93. The van der Waals surface area contributed by atoms with Gasteiger partial charge in [0.15, 0.2) is 0 Å². The minimum atomic E-state index is 0.541. The smallest absolute Gasteiger partial charge is 0.0233 e. The van der Waals surface area contributed by atoms with Crippen LogP contribution < -0.4 is 5.32 Å². The van der Waals surface area contributed by atoms with Crippen molar-refractivity contribution in [1.82, 2.24) is 10.2 Å². The van der Waals surface area contributed by atoms with Crippen LogP contribution in [0.15, 0.2) is 24.3 Å². The van der Waals surface area contributed by atoms with Gasteiger partial charge in [-0.15, -0.1) is 0 Å². The van der Waals surface area contributed by atoms with Crippen molar-refractivity contribution < 1.29 is 0 Å². The molecule has 1 N–H and O–H groups in total. The number of nitrogens with one attached hydrogen (secondary N) is 1. The lowest BCUT2D eigenvalue weighted by atomic mass is 9.85. The van der Waals surface area contributed by atoms with Crippen molar-refractivity contribution in [3.05, 3.63) is 35.4 Å². The second-order valence-corrected chi connectivity index (χ2v) is 7.10. The van der Waals surface area contributed by atoms with Gasteiger partial charge in [-0.25, -0.2) is 0 Å². The number of hydrogen-bond acceptors (Lipinski definition) is 2. The van der Waals surface area contributed by atoms with E-state index >= 15 is 0 Å². The third-order valence-electron chi connectivity index (χ3n) is 4.77. The topological polar surface area (TPSA) is 15.3 Å². The minimum Gasteiger partial charge on any atom is -0.310 e. The van der Waals surface area contributed by atoms with Crippen LogP contribution in [0.4, 0.5) is 0 Å². The van der Waals surface area contributed by atoms with Crippen molar-refractivity contribution in [2.75, 3.05) is 7.05 Å². The Morgan fingerprint density at radius 3 is 2.62 bits per heavy atom. The average Bonchev–Trinajstić information content (AvgIpc) is 2.46. The standard InChI is InChI=1S/C19H32N2/c1-15(2)20-13-17-9-7-10-18(12-17)14-21(4)19-11-6-5-8-16(19)3/h7,9-10,12,15-16,19-20H,5-6,8,11,13-14H2,1-4H3. The molecule has 0 heterocycles. The first-order valence-corrected chi connectivity index (χ1v) is 8.57. The van der Waals surface area contributed by atoms with Crippen LogP contribution in [0.1, 0.15) is 57.6 Å². The molecule has 2 unspecified atom stereocenters. The Hall–Kier alpha value is -0.860. The molecule has 1 aliphatic carbocycles. The Labute approximate surface area is 130 Å². The van der Waals surface area contributed by atoms with Crippen LogP contribution in [0.5, 0.6) is 0 Å². The fourth-order valence-corrected chi connectivity index (χ4v) is 3.52. The minimum absolute atomic E-state index is 0.541. The largest absolute Gasteiger partial charge is 0.310 e. The highest BCUT2D eigenvalue weighted by molar-refractivity contribution is 5.23. The molecule has 0 radical (unpaired) electrons. The second kappa shape index (κ2) is 7.95. The lowest BCUT2D eigenvalue weighted by molar-refractivity contribution is 0.133. The van der Waals surface area contributed by atoms with Gasteiger partial charge in [-0.2, -0.15) is 0 Å². The number of hydrogen-bond donors (Lipinski definition) is 1. The summed E-state index contributed by atoms with van der Waals surface area (Å²) in [5.74, 6) is 0.842. The van der Waals surface area contributed by atoms with Crippen LogP contribution >= 0.6 is 0 Å². The molecule has 0 aromatic heterocycles. The number of benzene rings is 1. The zero-order valence-corrected chi connectivity index (χ0v) is 14.2. The summed E-state index contributed by atoms with van der Waals surface area (Å²) in [5.41, 5.74) is 2.84. The molecule has 0 aliphatic heterocycles. The molecule has 1 aromatic carbocycles. The van der Waals surface area contributed by atoms with Crippen LogP contribution in [0.3, 0.4) is 0 Å². The third-order valence-corrected chi connectivity index (χ3v) is 4.77. The summed E-state index contributed by atoms with van der Waals surface area (Å²) in [6.45, 7) is 8.85. The highest BCUT2D eigenvalue weighted by atomic mass is 15.1. The Morgan fingerprint density at radius 1 is 1.19 bits per heavy atom. The maximum atomic E-state index is 3.50. The molecule has 118 valence electrons. The van der Waals surface area contributed by atoms with Gasteiger partial charge in [-0.05, 0) is 36.9 Å². The Morgan fingerprint density at radius 2 is 1.90 bits per heavy atom. The van der Waals surface area contributed by atoms with Crippen LogP contribution in [0.2, 0.25) is 0 Å². The maximum Gasteiger partial charge on any atom is 0.0233 e. The summed E-state index contributed by atoms with van der Waals surface area (Å²) in [6.07, 6.45) is 5.58. The van der Waals surface area contributed by atoms with Crippen molar-refractivity contribution >= 4 is 0 Å². The first-order chi connectivity index (χ1) is 10.1. The van der Waals surface area contributed by atoms with E-state index in [4.69, 9.17) is 0 Å². The van der Waals surface area contributed by atoms with Gasteiger partial charge in [0.2, 0.25) is 0 Å². The van der Waals surface area contributed by atoms with E-state index in [0.29, 0.717) is 6.04 Å². The molecule has 2 heteroatoms. The van der Waals surface area contributed by atoms with Crippen molar-refractivity contribution in [2.45, 2.75) is 71.6 Å². The summed E-state index contributed by atoms with van der Waals surface area (Å²) in [7, 11) is 2.30.